The molecule has 0 radical (unpaired) electrons. The van der Waals surface area contributed by atoms with Crippen LogP contribution in [0.25, 0.3) is 0 Å². The minimum atomic E-state index is -0.145. The lowest BCUT2D eigenvalue weighted by atomic mass is 10.0. The first-order valence-electron chi connectivity index (χ1n) is 7.10. The third kappa shape index (κ3) is 3.22. The molecular weight excluding hydrogens is 230 g/mol. The fraction of sp³-hybridized carbons (Fsp3) is 0.923. The van der Waals surface area contributed by atoms with Crippen LogP contribution in [0.15, 0.2) is 0 Å². The first-order valence-corrected chi connectivity index (χ1v) is 7.10. The molecule has 2 aliphatic rings. The number of carbonyl (C=O) groups excluding carboxylic acids is 1. The van der Waals surface area contributed by atoms with Crippen LogP contribution in [-0.2, 0) is 4.79 Å². The average Bonchev–Trinajstić information content (AvgIpc) is 2.88. The average molecular weight is 255 g/mol. The number of aliphatic hydroxyl groups excluding tert-OH is 1. The van der Waals surface area contributed by atoms with Gasteiger partial charge in [0.2, 0.25) is 5.91 Å². The van der Waals surface area contributed by atoms with Crippen molar-refractivity contribution in [3.63, 3.8) is 0 Å². The zero-order chi connectivity index (χ0) is 13.0. The van der Waals surface area contributed by atoms with Crippen molar-refractivity contribution in [3.05, 3.63) is 0 Å². The summed E-state index contributed by atoms with van der Waals surface area (Å²) in [5, 5.41) is 15.3. The highest BCUT2D eigenvalue weighted by Gasteiger charge is 2.35. The Hall–Kier alpha value is -0.650. The van der Waals surface area contributed by atoms with E-state index in [-0.39, 0.29) is 24.6 Å². The molecule has 0 bridgehead atoms. The van der Waals surface area contributed by atoms with Crippen LogP contribution in [0.5, 0.6) is 0 Å². The van der Waals surface area contributed by atoms with Crippen molar-refractivity contribution in [3.8, 4) is 0 Å². The molecule has 18 heavy (non-hydrogen) atoms. The molecule has 2 aliphatic heterocycles. The van der Waals surface area contributed by atoms with Crippen molar-refractivity contribution in [2.75, 3.05) is 26.2 Å². The summed E-state index contributed by atoms with van der Waals surface area (Å²) in [5.74, 6) is 0.0904. The van der Waals surface area contributed by atoms with Crippen LogP contribution < -0.4 is 10.6 Å². The number of hydrogen-bond acceptors (Lipinski definition) is 4. The Labute approximate surface area is 109 Å². The normalized spacial score (nSPS) is 28.2. The molecular formula is C13H25N3O2. The van der Waals surface area contributed by atoms with Gasteiger partial charge in [0, 0.05) is 12.1 Å². The predicted octanol–water partition coefficient (Wildman–Crippen LogP) is -0.300. The van der Waals surface area contributed by atoms with Crippen LogP contribution in [0.3, 0.4) is 0 Å². The zero-order valence-corrected chi connectivity index (χ0v) is 11.2. The molecule has 1 amide bonds. The number of hydrogen-bond donors (Lipinski definition) is 3. The van der Waals surface area contributed by atoms with Gasteiger partial charge < -0.3 is 15.7 Å². The fourth-order valence-corrected chi connectivity index (χ4v) is 3.03. The lowest BCUT2D eigenvalue weighted by molar-refractivity contribution is -0.127. The molecule has 2 heterocycles. The summed E-state index contributed by atoms with van der Waals surface area (Å²) in [4.78, 5) is 14.6. The maximum Gasteiger partial charge on any atom is 0.237 e. The van der Waals surface area contributed by atoms with E-state index in [0.29, 0.717) is 6.04 Å². The van der Waals surface area contributed by atoms with E-state index in [1.54, 1.807) is 0 Å². The van der Waals surface area contributed by atoms with Gasteiger partial charge in [0.25, 0.3) is 0 Å². The summed E-state index contributed by atoms with van der Waals surface area (Å²) in [7, 11) is 0. The van der Waals surface area contributed by atoms with E-state index >= 15 is 0 Å². The standard InChI is InChI=1S/C13H25N3O2/c1-10(9-17)15-13(18)12-3-2-8-16(12)11-4-6-14-7-5-11/h10-12,14,17H,2-9H2,1H3,(H,15,18)/t10-,12?/m1/s1. The quantitative estimate of drug-likeness (QED) is 0.645. The number of carbonyl (C=O) groups is 1. The Morgan fingerprint density at radius 2 is 2.17 bits per heavy atom. The van der Waals surface area contributed by atoms with Crippen LogP contribution in [-0.4, -0.2) is 60.3 Å². The molecule has 0 aromatic carbocycles. The first kappa shape index (κ1) is 13.8. The van der Waals surface area contributed by atoms with E-state index in [4.69, 9.17) is 5.11 Å². The molecule has 5 nitrogen and oxygen atoms in total. The Kier molecular flexibility index (Phi) is 4.97. The lowest BCUT2D eigenvalue weighted by Crippen LogP contribution is -2.52. The van der Waals surface area contributed by atoms with Crippen molar-refractivity contribution in [1.29, 1.82) is 0 Å². The number of likely N-dealkylation sites (tertiary alicyclic amines) is 1. The van der Waals surface area contributed by atoms with E-state index in [2.05, 4.69) is 15.5 Å². The smallest absolute Gasteiger partial charge is 0.237 e. The van der Waals surface area contributed by atoms with Gasteiger partial charge in [-0.2, -0.15) is 0 Å². The second-order valence-corrected chi connectivity index (χ2v) is 5.47. The van der Waals surface area contributed by atoms with E-state index in [0.717, 1.165) is 45.3 Å². The van der Waals surface area contributed by atoms with Gasteiger partial charge in [-0.15, -0.1) is 0 Å². The molecule has 0 aliphatic carbocycles. The topological polar surface area (TPSA) is 64.6 Å². The van der Waals surface area contributed by atoms with Gasteiger partial charge in [-0.3, -0.25) is 9.69 Å². The van der Waals surface area contributed by atoms with Crippen molar-refractivity contribution in [2.45, 2.75) is 50.7 Å². The number of nitrogens with zero attached hydrogens (tertiary/aromatic N) is 1. The van der Waals surface area contributed by atoms with E-state index in [1.165, 1.54) is 0 Å². The minimum Gasteiger partial charge on any atom is -0.394 e. The van der Waals surface area contributed by atoms with Crippen LogP contribution in [0.1, 0.15) is 32.6 Å². The summed E-state index contributed by atoms with van der Waals surface area (Å²) in [5.41, 5.74) is 0. The molecule has 5 heteroatoms. The lowest BCUT2D eigenvalue weighted by Gasteiger charge is -2.35. The van der Waals surface area contributed by atoms with Crippen molar-refractivity contribution < 1.29 is 9.90 Å². The molecule has 0 aromatic heterocycles. The van der Waals surface area contributed by atoms with Crippen LogP contribution in [0, 0.1) is 0 Å². The third-order valence-electron chi connectivity index (χ3n) is 4.04. The largest absolute Gasteiger partial charge is 0.394 e. The fourth-order valence-electron chi connectivity index (χ4n) is 3.03. The third-order valence-corrected chi connectivity index (χ3v) is 4.04. The summed E-state index contributed by atoms with van der Waals surface area (Å²) in [6.07, 6.45) is 4.34. The van der Waals surface area contributed by atoms with Gasteiger partial charge in [0.1, 0.15) is 0 Å². The zero-order valence-electron chi connectivity index (χ0n) is 11.2. The van der Waals surface area contributed by atoms with Gasteiger partial charge in [-0.25, -0.2) is 0 Å². The van der Waals surface area contributed by atoms with Crippen molar-refractivity contribution in [2.24, 2.45) is 0 Å². The summed E-state index contributed by atoms with van der Waals surface area (Å²) >= 11 is 0. The van der Waals surface area contributed by atoms with E-state index in [9.17, 15) is 4.79 Å². The molecule has 0 aromatic rings. The number of nitrogens with one attached hydrogen (secondary N) is 2. The second kappa shape index (κ2) is 6.50. The van der Waals surface area contributed by atoms with E-state index in [1.807, 2.05) is 6.92 Å². The molecule has 2 fully saturated rings. The number of piperidine rings is 1. The Morgan fingerprint density at radius 1 is 1.44 bits per heavy atom. The highest BCUT2D eigenvalue weighted by atomic mass is 16.3. The highest BCUT2D eigenvalue weighted by molar-refractivity contribution is 5.82. The second-order valence-electron chi connectivity index (χ2n) is 5.47. The first-order chi connectivity index (χ1) is 8.72. The molecule has 1 unspecified atom stereocenters. The molecule has 0 saturated carbocycles. The van der Waals surface area contributed by atoms with Gasteiger partial charge in [0.05, 0.1) is 12.6 Å². The Bertz CT molecular complexity index is 279. The van der Waals surface area contributed by atoms with Crippen LogP contribution in [0.4, 0.5) is 0 Å². The molecule has 2 atom stereocenters. The van der Waals surface area contributed by atoms with Gasteiger partial charge in [-0.1, -0.05) is 0 Å². The molecule has 2 rings (SSSR count). The van der Waals surface area contributed by atoms with Gasteiger partial charge in [0.15, 0.2) is 0 Å². The SMILES string of the molecule is C[C@H](CO)NC(=O)C1CCCN1C1CCNCC1. The Balaban J connectivity index is 1.91. The number of rotatable bonds is 4. The summed E-state index contributed by atoms with van der Waals surface area (Å²) < 4.78 is 0. The predicted molar refractivity (Wildman–Crippen MR) is 70.3 cm³/mol. The monoisotopic (exact) mass is 255 g/mol. The van der Waals surface area contributed by atoms with Crippen molar-refractivity contribution >= 4 is 5.91 Å². The molecule has 2 saturated heterocycles. The minimum absolute atomic E-state index is 0.00576. The summed E-state index contributed by atoms with van der Waals surface area (Å²) in [6.45, 7) is 4.99. The van der Waals surface area contributed by atoms with Crippen LogP contribution >= 0.6 is 0 Å². The molecule has 0 spiro atoms. The molecule has 3 N–H and O–H groups in total. The van der Waals surface area contributed by atoms with Crippen LogP contribution in [0.2, 0.25) is 0 Å². The van der Waals surface area contributed by atoms with Gasteiger partial charge >= 0.3 is 0 Å². The maximum absolute atomic E-state index is 12.2. The maximum atomic E-state index is 12.2. The Morgan fingerprint density at radius 3 is 2.83 bits per heavy atom. The van der Waals surface area contributed by atoms with E-state index < -0.39 is 0 Å². The van der Waals surface area contributed by atoms with Crippen molar-refractivity contribution in [1.82, 2.24) is 15.5 Å². The number of amides is 1. The molecule has 104 valence electrons. The number of aliphatic hydroxyl groups is 1. The summed E-state index contributed by atoms with van der Waals surface area (Å²) in [6, 6.07) is 0.420. The van der Waals surface area contributed by atoms with Gasteiger partial charge in [-0.05, 0) is 52.2 Å². The highest BCUT2D eigenvalue weighted by Crippen LogP contribution is 2.24.